The van der Waals surface area contributed by atoms with Crippen molar-refractivity contribution in [1.29, 1.82) is 0 Å². The van der Waals surface area contributed by atoms with E-state index < -0.39 is 0 Å². The topological polar surface area (TPSA) is 61.4 Å². The summed E-state index contributed by atoms with van der Waals surface area (Å²) >= 11 is 0. The van der Waals surface area contributed by atoms with E-state index >= 15 is 0 Å². The molecule has 0 bridgehead atoms. The average molecular weight is 395 g/mol. The van der Waals surface area contributed by atoms with Crippen LogP contribution in [-0.4, -0.2) is 41.9 Å². The summed E-state index contributed by atoms with van der Waals surface area (Å²) in [5.74, 6) is 0.0485. The van der Waals surface area contributed by atoms with E-state index in [4.69, 9.17) is 0 Å². The fourth-order valence-electron chi connectivity index (χ4n) is 4.06. The molecule has 0 spiro atoms. The van der Waals surface area contributed by atoms with E-state index in [1.807, 2.05) is 17.0 Å². The molecule has 0 unspecified atom stereocenters. The predicted octanol–water partition coefficient (Wildman–Crippen LogP) is 3.53. The number of hydrogen-bond acceptors (Lipinski definition) is 3. The highest BCUT2D eigenvalue weighted by molar-refractivity contribution is 6.04. The molecule has 2 N–H and O–H groups in total. The van der Waals surface area contributed by atoms with Crippen LogP contribution >= 0.6 is 0 Å². The number of halogens is 1. The van der Waals surface area contributed by atoms with Crippen molar-refractivity contribution >= 4 is 17.5 Å². The second-order valence-electron chi connectivity index (χ2n) is 7.98. The van der Waals surface area contributed by atoms with Gasteiger partial charge in [0.05, 0.1) is 0 Å². The second-order valence-corrected chi connectivity index (χ2v) is 7.98. The Morgan fingerprint density at radius 2 is 1.79 bits per heavy atom. The van der Waals surface area contributed by atoms with Crippen molar-refractivity contribution in [2.24, 2.45) is 0 Å². The van der Waals surface area contributed by atoms with Gasteiger partial charge in [0.25, 0.3) is 5.91 Å². The van der Waals surface area contributed by atoms with Gasteiger partial charge in [-0.25, -0.2) is 4.39 Å². The molecule has 0 aromatic heterocycles. The molecule has 2 aromatic rings. The van der Waals surface area contributed by atoms with Crippen molar-refractivity contribution in [2.75, 3.05) is 18.4 Å². The maximum Gasteiger partial charge on any atom is 0.255 e. The number of benzene rings is 2. The van der Waals surface area contributed by atoms with Gasteiger partial charge in [-0.05, 0) is 61.2 Å². The summed E-state index contributed by atoms with van der Waals surface area (Å²) in [5, 5.41) is 6.53. The smallest absolute Gasteiger partial charge is 0.255 e. The molecular formula is C23H26FN3O2. The van der Waals surface area contributed by atoms with Crippen LogP contribution < -0.4 is 10.6 Å². The Bertz CT molecular complexity index is 891. The number of amides is 2. The highest BCUT2D eigenvalue weighted by Crippen LogP contribution is 2.41. The first kappa shape index (κ1) is 19.6. The molecule has 6 heteroatoms. The van der Waals surface area contributed by atoms with Crippen molar-refractivity contribution < 1.29 is 14.0 Å². The highest BCUT2D eigenvalue weighted by Gasteiger charge is 2.40. The zero-order chi connectivity index (χ0) is 20.4. The number of rotatable bonds is 5. The Balaban J connectivity index is 1.32. The van der Waals surface area contributed by atoms with Gasteiger partial charge in [-0.3, -0.25) is 9.59 Å². The molecule has 1 aliphatic carbocycles. The number of nitrogens with zero attached hydrogens (tertiary/aromatic N) is 1. The Kier molecular flexibility index (Phi) is 5.62. The van der Waals surface area contributed by atoms with Crippen molar-refractivity contribution in [3.8, 4) is 0 Å². The van der Waals surface area contributed by atoms with Crippen molar-refractivity contribution in [1.82, 2.24) is 10.2 Å². The second kappa shape index (κ2) is 8.33. The van der Waals surface area contributed by atoms with Gasteiger partial charge in [-0.2, -0.15) is 0 Å². The van der Waals surface area contributed by atoms with Crippen LogP contribution in [0.5, 0.6) is 0 Å². The van der Waals surface area contributed by atoms with Crippen LogP contribution in [0.4, 0.5) is 10.1 Å². The normalized spacial score (nSPS) is 21.7. The molecule has 5 nitrogen and oxygen atoms in total. The SMILES string of the molecule is CC(=O)N1CCC(N[C@@H]2C[C@H]2c2cccc(C(=O)Nc3ccc(F)cc3)c2)CC1. The van der Waals surface area contributed by atoms with Crippen LogP contribution in [0.25, 0.3) is 0 Å². The summed E-state index contributed by atoms with van der Waals surface area (Å²) in [4.78, 5) is 25.9. The van der Waals surface area contributed by atoms with Crippen LogP contribution in [0.15, 0.2) is 48.5 Å². The molecule has 0 radical (unpaired) electrons. The zero-order valence-electron chi connectivity index (χ0n) is 16.5. The minimum Gasteiger partial charge on any atom is -0.343 e. The molecule has 2 fully saturated rings. The molecule has 152 valence electrons. The monoisotopic (exact) mass is 395 g/mol. The largest absolute Gasteiger partial charge is 0.343 e. The van der Waals surface area contributed by atoms with Crippen molar-refractivity contribution in [3.63, 3.8) is 0 Å². The third-order valence-electron chi connectivity index (χ3n) is 5.86. The average Bonchev–Trinajstić information content (AvgIpc) is 3.49. The van der Waals surface area contributed by atoms with Gasteiger partial charge in [0.15, 0.2) is 0 Å². The molecule has 2 amide bonds. The summed E-state index contributed by atoms with van der Waals surface area (Å²) in [7, 11) is 0. The summed E-state index contributed by atoms with van der Waals surface area (Å²) in [6.07, 6.45) is 3.04. The van der Waals surface area contributed by atoms with Crippen LogP contribution in [0, 0.1) is 5.82 Å². The molecule has 4 rings (SSSR count). The molecule has 1 heterocycles. The first-order valence-corrected chi connectivity index (χ1v) is 10.2. The van der Waals surface area contributed by atoms with Gasteiger partial charge in [0.1, 0.15) is 5.82 Å². The summed E-state index contributed by atoms with van der Waals surface area (Å²) in [6.45, 7) is 3.27. The minimum atomic E-state index is -0.329. The molecule has 29 heavy (non-hydrogen) atoms. The van der Waals surface area contributed by atoms with Crippen molar-refractivity contribution in [3.05, 3.63) is 65.5 Å². The number of piperidine rings is 1. The highest BCUT2D eigenvalue weighted by atomic mass is 19.1. The molecule has 2 aliphatic rings. The third-order valence-corrected chi connectivity index (χ3v) is 5.86. The van der Waals surface area contributed by atoms with E-state index in [1.54, 1.807) is 25.1 Å². The van der Waals surface area contributed by atoms with Crippen LogP contribution in [0.1, 0.15) is 48.0 Å². The van der Waals surface area contributed by atoms with Gasteiger partial charge < -0.3 is 15.5 Å². The quantitative estimate of drug-likeness (QED) is 0.814. The molecule has 1 saturated carbocycles. The van der Waals surface area contributed by atoms with Gasteiger partial charge in [-0.1, -0.05) is 12.1 Å². The Morgan fingerprint density at radius 1 is 1.07 bits per heavy atom. The van der Waals surface area contributed by atoms with E-state index in [0.717, 1.165) is 37.9 Å². The molecular weight excluding hydrogens is 369 g/mol. The standard InChI is InChI=1S/C23H26FN3O2/c1-15(28)27-11-9-20(10-12-27)25-22-14-21(22)16-3-2-4-17(13-16)23(29)26-19-7-5-18(24)6-8-19/h2-8,13,20-22,25H,9-12,14H2,1H3,(H,26,29)/t21-,22+/m0/s1. The van der Waals surface area contributed by atoms with E-state index in [-0.39, 0.29) is 17.6 Å². The number of nitrogens with one attached hydrogen (secondary N) is 2. The third kappa shape index (κ3) is 4.82. The Morgan fingerprint density at radius 3 is 2.48 bits per heavy atom. The number of carbonyl (C=O) groups excluding carboxylic acids is 2. The van der Waals surface area contributed by atoms with E-state index in [1.165, 1.54) is 12.1 Å². The lowest BCUT2D eigenvalue weighted by molar-refractivity contribution is -0.129. The molecule has 1 aliphatic heterocycles. The summed E-state index contributed by atoms with van der Waals surface area (Å²) in [5.41, 5.74) is 2.34. The van der Waals surface area contributed by atoms with E-state index in [9.17, 15) is 14.0 Å². The molecule has 1 saturated heterocycles. The minimum absolute atomic E-state index is 0.156. The van der Waals surface area contributed by atoms with Gasteiger partial charge >= 0.3 is 0 Å². The van der Waals surface area contributed by atoms with E-state index in [0.29, 0.717) is 29.3 Å². The van der Waals surface area contributed by atoms with E-state index in [2.05, 4.69) is 16.7 Å². The maximum absolute atomic E-state index is 13.0. The fraction of sp³-hybridized carbons (Fsp3) is 0.391. The summed E-state index contributed by atoms with van der Waals surface area (Å²) in [6, 6.07) is 14.4. The number of carbonyl (C=O) groups is 2. The first-order chi connectivity index (χ1) is 14.0. The molecule has 2 aromatic carbocycles. The maximum atomic E-state index is 13.0. The van der Waals surface area contributed by atoms with Crippen molar-refractivity contribution in [2.45, 2.75) is 44.2 Å². The van der Waals surface area contributed by atoms with Gasteiger partial charge in [0, 0.05) is 49.3 Å². The van der Waals surface area contributed by atoms with Crippen LogP contribution in [0.2, 0.25) is 0 Å². The van der Waals surface area contributed by atoms with Gasteiger partial charge in [-0.15, -0.1) is 0 Å². The number of likely N-dealkylation sites (tertiary alicyclic amines) is 1. The van der Waals surface area contributed by atoms with Crippen LogP contribution in [0.3, 0.4) is 0 Å². The lowest BCUT2D eigenvalue weighted by Crippen LogP contribution is -2.45. The lowest BCUT2D eigenvalue weighted by Gasteiger charge is -2.32. The van der Waals surface area contributed by atoms with Crippen LogP contribution in [-0.2, 0) is 4.79 Å². The fourth-order valence-corrected chi connectivity index (χ4v) is 4.06. The predicted molar refractivity (Wildman–Crippen MR) is 110 cm³/mol. The van der Waals surface area contributed by atoms with Gasteiger partial charge in [0.2, 0.25) is 5.91 Å². The molecule has 2 atom stereocenters. The lowest BCUT2D eigenvalue weighted by atomic mass is 10.0. The number of anilines is 1. The number of hydrogen-bond donors (Lipinski definition) is 2. The Labute approximate surface area is 170 Å². The first-order valence-electron chi connectivity index (χ1n) is 10.2. The summed E-state index contributed by atoms with van der Waals surface area (Å²) < 4.78 is 13.0. The zero-order valence-corrected chi connectivity index (χ0v) is 16.5. The Hall–Kier alpha value is -2.73.